The molecule has 0 saturated carbocycles. The van der Waals surface area contributed by atoms with Gasteiger partial charge in [-0.05, 0) is 48.9 Å². The zero-order valence-corrected chi connectivity index (χ0v) is 19.3. The molecule has 0 spiro atoms. The molecule has 2 N–H and O–H groups in total. The predicted molar refractivity (Wildman–Crippen MR) is 134 cm³/mol. The van der Waals surface area contributed by atoms with Gasteiger partial charge < -0.3 is 15.1 Å². The Hall–Kier alpha value is -5.05. The number of carbonyl (C=O) groups is 2. The molecular weight excluding hydrogens is 460 g/mol. The van der Waals surface area contributed by atoms with Crippen molar-refractivity contribution in [1.82, 2.24) is 15.6 Å². The minimum absolute atomic E-state index is 0.0189. The number of rotatable bonds is 8. The van der Waals surface area contributed by atoms with Crippen LogP contribution >= 0.6 is 0 Å². The van der Waals surface area contributed by atoms with Crippen molar-refractivity contribution < 1.29 is 18.9 Å². The van der Waals surface area contributed by atoms with Gasteiger partial charge in [0.05, 0.1) is 4.92 Å². The molecule has 0 fully saturated rings. The van der Waals surface area contributed by atoms with E-state index in [1.54, 1.807) is 73.1 Å². The zero-order chi connectivity index (χ0) is 25.5. The summed E-state index contributed by atoms with van der Waals surface area (Å²) >= 11 is 0. The van der Waals surface area contributed by atoms with Crippen LogP contribution in [0.2, 0.25) is 0 Å². The van der Waals surface area contributed by atoms with Crippen molar-refractivity contribution in [3.8, 4) is 11.3 Å². The fourth-order valence-corrected chi connectivity index (χ4v) is 3.34. The van der Waals surface area contributed by atoms with E-state index >= 15 is 0 Å². The summed E-state index contributed by atoms with van der Waals surface area (Å²) < 4.78 is 5.81. The Kier molecular flexibility index (Phi) is 7.30. The molecule has 0 radical (unpaired) electrons. The number of hydrogen-bond donors (Lipinski definition) is 2. The average Bonchev–Trinajstić information content (AvgIpc) is 3.36. The van der Waals surface area contributed by atoms with Crippen molar-refractivity contribution >= 4 is 23.6 Å². The van der Waals surface area contributed by atoms with Crippen molar-refractivity contribution in [2.24, 2.45) is 0 Å². The van der Waals surface area contributed by atoms with Gasteiger partial charge >= 0.3 is 0 Å². The Balaban J connectivity index is 1.59. The molecule has 9 nitrogen and oxygen atoms in total. The monoisotopic (exact) mass is 482 g/mol. The van der Waals surface area contributed by atoms with Gasteiger partial charge in [-0.15, -0.1) is 0 Å². The van der Waals surface area contributed by atoms with Gasteiger partial charge in [0.2, 0.25) is 0 Å². The second-order valence-corrected chi connectivity index (χ2v) is 7.93. The van der Waals surface area contributed by atoms with Crippen LogP contribution in [0.5, 0.6) is 0 Å². The molecule has 2 aromatic carbocycles. The number of aryl methyl sites for hydroxylation is 1. The lowest BCUT2D eigenvalue weighted by atomic mass is 10.1. The number of amides is 2. The van der Waals surface area contributed by atoms with E-state index in [-0.39, 0.29) is 23.7 Å². The molecule has 4 aromatic rings. The highest BCUT2D eigenvalue weighted by atomic mass is 16.6. The Labute approximate surface area is 206 Å². The Morgan fingerprint density at radius 1 is 1.03 bits per heavy atom. The van der Waals surface area contributed by atoms with E-state index in [2.05, 4.69) is 15.6 Å². The summed E-state index contributed by atoms with van der Waals surface area (Å²) in [7, 11) is 0. The van der Waals surface area contributed by atoms with Gasteiger partial charge in [0.1, 0.15) is 17.2 Å². The van der Waals surface area contributed by atoms with Gasteiger partial charge in [0.15, 0.2) is 0 Å². The molecule has 0 atom stereocenters. The number of hydrogen-bond acceptors (Lipinski definition) is 6. The third-order valence-corrected chi connectivity index (χ3v) is 5.26. The van der Waals surface area contributed by atoms with Crippen LogP contribution in [-0.4, -0.2) is 21.7 Å². The molecule has 9 heteroatoms. The first-order valence-corrected chi connectivity index (χ1v) is 11.0. The Morgan fingerprint density at radius 2 is 1.78 bits per heavy atom. The number of nitro benzene ring substituents is 1. The van der Waals surface area contributed by atoms with E-state index in [9.17, 15) is 19.7 Å². The number of non-ortho nitro benzene ring substituents is 1. The number of furan rings is 1. The van der Waals surface area contributed by atoms with Gasteiger partial charge in [0.25, 0.3) is 17.5 Å². The predicted octanol–water partition coefficient (Wildman–Crippen LogP) is 4.65. The third-order valence-electron chi connectivity index (χ3n) is 5.26. The van der Waals surface area contributed by atoms with Gasteiger partial charge in [-0.3, -0.25) is 24.7 Å². The normalized spacial score (nSPS) is 11.1. The molecule has 4 rings (SSSR count). The number of aromatic nitrogens is 1. The molecule has 2 amide bonds. The van der Waals surface area contributed by atoms with E-state index in [0.717, 1.165) is 11.1 Å². The summed E-state index contributed by atoms with van der Waals surface area (Å²) in [6.45, 7) is 2.14. The summed E-state index contributed by atoms with van der Waals surface area (Å²) in [5, 5.41) is 16.5. The van der Waals surface area contributed by atoms with Crippen LogP contribution in [0.1, 0.15) is 27.2 Å². The van der Waals surface area contributed by atoms with Crippen LogP contribution < -0.4 is 10.6 Å². The number of carbonyl (C=O) groups excluding carboxylic acids is 2. The van der Waals surface area contributed by atoms with Crippen LogP contribution in [-0.2, 0) is 11.3 Å². The maximum absolute atomic E-state index is 13.0. The van der Waals surface area contributed by atoms with E-state index in [4.69, 9.17) is 4.42 Å². The van der Waals surface area contributed by atoms with Crippen LogP contribution in [0.3, 0.4) is 0 Å². The molecule has 0 aliphatic carbocycles. The second kappa shape index (κ2) is 10.9. The molecular formula is C27H22N4O5. The molecule has 36 heavy (non-hydrogen) atoms. The highest BCUT2D eigenvalue weighted by Crippen LogP contribution is 2.26. The SMILES string of the molecule is Cc1ccc(C(=O)NC(=Cc2ccc(-c3cccc([N+](=O)[O-])c3)o2)C(=O)NCc2ccncc2)cc1. The minimum Gasteiger partial charge on any atom is -0.457 e. The van der Waals surface area contributed by atoms with Crippen molar-refractivity contribution in [3.63, 3.8) is 0 Å². The zero-order valence-electron chi connectivity index (χ0n) is 19.3. The third kappa shape index (κ3) is 6.09. The highest BCUT2D eigenvalue weighted by molar-refractivity contribution is 6.05. The molecule has 0 aliphatic heterocycles. The van der Waals surface area contributed by atoms with Crippen LogP contribution in [0, 0.1) is 17.0 Å². The maximum Gasteiger partial charge on any atom is 0.270 e. The van der Waals surface area contributed by atoms with E-state index < -0.39 is 16.7 Å². The van der Waals surface area contributed by atoms with Crippen molar-refractivity contribution in [2.75, 3.05) is 0 Å². The highest BCUT2D eigenvalue weighted by Gasteiger charge is 2.16. The topological polar surface area (TPSA) is 127 Å². The van der Waals surface area contributed by atoms with Gasteiger partial charge in [-0.2, -0.15) is 0 Å². The lowest BCUT2D eigenvalue weighted by Gasteiger charge is -2.11. The molecule has 180 valence electrons. The molecule has 2 heterocycles. The smallest absolute Gasteiger partial charge is 0.270 e. The summed E-state index contributed by atoms with van der Waals surface area (Å²) in [6, 6.07) is 19.8. The summed E-state index contributed by atoms with van der Waals surface area (Å²) in [5.41, 5.74) is 2.66. The van der Waals surface area contributed by atoms with Crippen LogP contribution in [0.15, 0.2) is 95.3 Å². The van der Waals surface area contributed by atoms with Gasteiger partial charge in [-0.25, -0.2) is 0 Å². The first kappa shape index (κ1) is 24.1. The average molecular weight is 482 g/mol. The van der Waals surface area contributed by atoms with Crippen molar-refractivity contribution in [1.29, 1.82) is 0 Å². The fraction of sp³-hybridized carbons (Fsp3) is 0.0741. The summed E-state index contributed by atoms with van der Waals surface area (Å²) in [6.07, 6.45) is 4.65. The van der Waals surface area contributed by atoms with Crippen LogP contribution in [0.4, 0.5) is 5.69 Å². The first-order chi connectivity index (χ1) is 17.4. The summed E-state index contributed by atoms with van der Waals surface area (Å²) in [5.74, 6) is -0.299. The fourth-order valence-electron chi connectivity index (χ4n) is 3.34. The number of nitrogens with zero attached hydrogens (tertiary/aromatic N) is 2. The lowest BCUT2D eigenvalue weighted by Crippen LogP contribution is -2.34. The number of nitro groups is 1. The Bertz CT molecular complexity index is 1430. The molecule has 0 bridgehead atoms. The molecule has 0 aliphatic rings. The molecule has 2 aromatic heterocycles. The number of benzene rings is 2. The maximum atomic E-state index is 13.0. The first-order valence-electron chi connectivity index (χ1n) is 11.0. The number of pyridine rings is 1. The second-order valence-electron chi connectivity index (χ2n) is 7.93. The minimum atomic E-state index is -0.513. The standard InChI is InChI=1S/C27H22N4O5/c1-18-5-7-20(8-6-18)26(32)30-24(27(33)29-17-19-11-13-28-14-12-19)16-23-9-10-25(36-23)21-3-2-4-22(15-21)31(34)35/h2-16H,17H2,1H3,(H,29,33)(H,30,32). The quantitative estimate of drug-likeness (QED) is 0.214. The van der Waals surface area contributed by atoms with Crippen molar-refractivity contribution in [3.05, 3.63) is 123 Å². The lowest BCUT2D eigenvalue weighted by molar-refractivity contribution is -0.384. The Morgan fingerprint density at radius 3 is 2.50 bits per heavy atom. The van der Waals surface area contributed by atoms with Crippen LogP contribution in [0.25, 0.3) is 17.4 Å². The van der Waals surface area contributed by atoms with Gasteiger partial charge in [-0.1, -0.05) is 29.8 Å². The van der Waals surface area contributed by atoms with E-state index in [1.165, 1.54) is 18.2 Å². The molecule has 0 unspecified atom stereocenters. The summed E-state index contributed by atoms with van der Waals surface area (Å²) in [4.78, 5) is 40.4. The van der Waals surface area contributed by atoms with E-state index in [1.807, 2.05) is 6.92 Å². The molecule has 0 saturated heterocycles. The van der Waals surface area contributed by atoms with Crippen molar-refractivity contribution in [2.45, 2.75) is 13.5 Å². The van der Waals surface area contributed by atoms with E-state index in [0.29, 0.717) is 16.9 Å². The largest absolute Gasteiger partial charge is 0.457 e. The van der Waals surface area contributed by atoms with Gasteiger partial charge in [0, 0.05) is 48.3 Å². The number of nitrogens with one attached hydrogen (secondary N) is 2.